The van der Waals surface area contributed by atoms with E-state index < -0.39 is 66.7 Å². The van der Waals surface area contributed by atoms with Crippen molar-refractivity contribution < 1.29 is 41.5 Å². The van der Waals surface area contributed by atoms with Gasteiger partial charge in [-0.2, -0.15) is 18.3 Å². The summed E-state index contributed by atoms with van der Waals surface area (Å²) in [6, 6.07) is 5.84. The van der Waals surface area contributed by atoms with Gasteiger partial charge < -0.3 is 15.1 Å². The first kappa shape index (κ1) is 31.3. The summed E-state index contributed by atoms with van der Waals surface area (Å²) in [6.07, 6.45) is -2.15. The van der Waals surface area contributed by atoms with Gasteiger partial charge in [0.15, 0.2) is 11.3 Å². The molecule has 236 valence electrons. The van der Waals surface area contributed by atoms with Gasteiger partial charge in [0, 0.05) is 44.4 Å². The molecule has 1 aromatic heterocycles. The maximum atomic E-state index is 13.7. The molecule has 0 bridgehead atoms. The minimum atomic E-state index is -4.83. The number of ketones is 1. The van der Waals surface area contributed by atoms with Crippen LogP contribution < -0.4 is 5.32 Å². The third kappa shape index (κ3) is 5.89. The Hall–Kier alpha value is -5.08. The van der Waals surface area contributed by atoms with Gasteiger partial charge in [0.05, 0.1) is 6.20 Å². The number of amides is 5. The van der Waals surface area contributed by atoms with Gasteiger partial charge in [-0.25, -0.2) is 9.18 Å². The van der Waals surface area contributed by atoms with Crippen LogP contribution >= 0.6 is 0 Å². The molecule has 1 spiro atoms. The second kappa shape index (κ2) is 11.4. The molecule has 2 heterocycles. The Labute approximate surface area is 254 Å². The fourth-order valence-corrected chi connectivity index (χ4v) is 5.34. The lowest BCUT2D eigenvalue weighted by Gasteiger charge is -2.32. The number of halogens is 4. The van der Waals surface area contributed by atoms with Crippen molar-refractivity contribution in [1.82, 2.24) is 29.8 Å². The SMILES string of the molecule is CC(N(Cc1ccc(F)cc1)C(=O)CN1C(=O)NC2(CC(=O)c3cc(-c4cnn(CC(=O)N(C)C)c4)ccc32)C1=O)C(F)(F)F. The van der Waals surface area contributed by atoms with Gasteiger partial charge >= 0.3 is 12.2 Å². The predicted octanol–water partition coefficient (Wildman–Crippen LogP) is 3.09. The van der Waals surface area contributed by atoms with Crippen LogP contribution in [0.3, 0.4) is 0 Å². The number of nitrogens with one attached hydrogen (secondary N) is 1. The lowest BCUT2D eigenvalue weighted by Crippen LogP contribution is -2.51. The molecule has 2 atom stereocenters. The van der Waals surface area contributed by atoms with E-state index in [1.807, 2.05) is 0 Å². The zero-order valence-electron chi connectivity index (χ0n) is 24.4. The Balaban J connectivity index is 1.38. The van der Waals surface area contributed by atoms with Crippen molar-refractivity contribution in [3.8, 4) is 11.1 Å². The zero-order chi connectivity index (χ0) is 32.8. The van der Waals surface area contributed by atoms with Crippen LogP contribution in [0.1, 0.15) is 34.8 Å². The quantitative estimate of drug-likeness (QED) is 0.302. The molecule has 1 fully saturated rings. The average Bonchev–Trinajstić information content (AvgIpc) is 3.62. The van der Waals surface area contributed by atoms with Crippen LogP contribution in [0.4, 0.5) is 22.4 Å². The maximum Gasteiger partial charge on any atom is 0.408 e. The van der Waals surface area contributed by atoms with Crippen molar-refractivity contribution in [1.29, 1.82) is 0 Å². The van der Waals surface area contributed by atoms with E-state index in [1.165, 1.54) is 40.0 Å². The third-order valence-corrected chi connectivity index (χ3v) is 7.96. The van der Waals surface area contributed by atoms with Crippen molar-refractivity contribution >= 4 is 29.5 Å². The van der Waals surface area contributed by atoms with Crippen LogP contribution in [-0.4, -0.2) is 86.9 Å². The molecule has 2 aliphatic rings. The van der Waals surface area contributed by atoms with E-state index in [2.05, 4.69) is 10.4 Å². The van der Waals surface area contributed by atoms with E-state index in [9.17, 15) is 41.5 Å². The number of likely N-dealkylation sites (N-methyl/N-ethyl adjacent to an activating group) is 1. The molecule has 0 saturated carbocycles. The highest BCUT2D eigenvalue weighted by Gasteiger charge is 2.58. The number of hydrogen-bond acceptors (Lipinski definition) is 6. The van der Waals surface area contributed by atoms with E-state index >= 15 is 0 Å². The van der Waals surface area contributed by atoms with Crippen LogP contribution in [0.2, 0.25) is 0 Å². The fourth-order valence-electron chi connectivity index (χ4n) is 5.34. The van der Waals surface area contributed by atoms with E-state index in [0.29, 0.717) is 20.9 Å². The van der Waals surface area contributed by atoms with Gasteiger partial charge in [-0.05, 0) is 41.8 Å². The molecule has 1 aliphatic carbocycles. The van der Waals surface area contributed by atoms with E-state index in [-0.39, 0.29) is 29.1 Å². The number of imide groups is 1. The predicted molar refractivity (Wildman–Crippen MR) is 150 cm³/mol. The molecule has 1 saturated heterocycles. The number of rotatable bonds is 8. The topological polar surface area (TPSA) is 125 Å². The second-order valence-corrected chi connectivity index (χ2v) is 11.2. The largest absolute Gasteiger partial charge is 0.408 e. The van der Waals surface area contributed by atoms with Crippen molar-refractivity contribution in [3.05, 3.63) is 77.4 Å². The van der Waals surface area contributed by atoms with Crippen LogP contribution in [-0.2, 0) is 33.0 Å². The second-order valence-electron chi connectivity index (χ2n) is 11.2. The summed E-state index contributed by atoms with van der Waals surface area (Å²) in [6.45, 7) is -0.806. The number of carbonyl (C=O) groups is 5. The highest BCUT2D eigenvalue weighted by atomic mass is 19.4. The number of Topliss-reactive ketones (excluding diaryl/α,β-unsaturated/α-hetero) is 1. The highest BCUT2D eigenvalue weighted by Crippen LogP contribution is 2.43. The molecule has 2 aromatic carbocycles. The smallest absolute Gasteiger partial charge is 0.347 e. The summed E-state index contributed by atoms with van der Waals surface area (Å²) in [4.78, 5) is 67.5. The van der Waals surface area contributed by atoms with Crippen LogP contribution in [0.5, 0.6) is 0 Å². The van der Waals surface area contributed by atoms with Crippen molar-refractivity contribution in [2.24, 2.45) is 0 Å². The first-order chi connectivity index (χ1) is 21.1. The monoisotopic (exact) mass is 628 g/mol. The molecule has 5 amide bonds. The Morgan fingerprint density at radius 3 is 2.36 bits per heavy atom. The summed E-state index contributed by atoms with van der Waals surface area (Å²) in [5, 5.41) is 6.67. The Kier molecular flexibility index (Phi) is 7.97. The molecule has 15 heteroatoms. The molecule has 1 aliphatic heterocycles. The normalized spacial score (nSPS) is 18.3. The first-order valence-electron chi connectivity index (χ1n) is 13.8. The van der Waals surface area contributed by atoms with Crippen molar-refractivity contribution in [3.63, 3.8) is 0 Å². The Morgan fingerprint density at radius 1 is 1.02 bits per heavy atom. The van der Waals surface area contributed by atoms with Gasteiger partial charge in [-0.3, -0.25) is 28.8 Å². The summed E-state index contributed by atoms with van der Waals surface area (Å²) < 4.78 is 55.9. The van der Waals surface area contributed by atoms with Gasteiger partial charge in [0.2, 0.25) is 11.8 Å². The molecule has 5 rings (SSSR count). The molecule has 2 unspecified atom stereocenters. The highest BCUT2D eigenvalue weighted by molar-refractivity contribution is 6.17. The van der Waals surface area contributed by atoms with Gasteiger partial charge in [0.1, 0.15) is 24.9 Å². The molecule has 3 aromatic rings. The lowest BCUT2D eigenvalue weighted by molar-refractivity contribution is -0.187. The maximum absolute atomic E-state index is 13.7. The standard InChI is InChI=1S/C30H28F4N6O5/c1-17(30(32,33)34)39(13-18-4-7-21(31)8-5-18)26(43)16-40-27(44)29(36-28(40)45)11-24(41)22-10-19(6-9-23(22)29)20-12-35-38(14-20)15-25(42)37(2)3/h4-10,12,14,17H,11,13,15-16H2,1-3H3,(H,36,45). The Morgan fingerprint density at radius 2 is 1.71 bits per heavy atom. The average molecular weight is 629 g/mol. The number of fused-ring (bicyclic) bond motifs is 2. The number of urea groups is 1. The molecule has 1 N–H and O–H groups in total. The third-order valence-electron chi connectivity index (χ3n) is 7.96. The molecular weight excluding hydrogens is 600 g/mol. The van der Waals surface area contributed by atoms with Gasteiger partial charge in [-0.1, -0.05) is 24.3 Å². The van der Waals surface area contributed by atoms with Crippen molar-refractivity contribution in [2.75, 3.05) is 20.6 Å². The Bertz CT molecular complexity index is 1700. The number of hydrogen-bond donors (Lipinski definition) is 1. The van der Waals surface area contributed by atoms with Gasteiger partial charge in [0.25, 0.3) is 5.91 Å². The number of aromatic nitrogens is 2. The minimum Gasteiger partial charge on any atom is -0.347 e. The zero-order valence-corrected chi connectivity index (χ0v) is 24.4. The van der Waals surface area contributed by atoms with Crippen LogP contribution in [0, 0.1) is 5.82 Å². The summed E-state index contributed by atoms with van der Waals surface area (Å²) in [5.41, 5.74) is -0.143. The first-order valence-corrected chi connectivity index (χ1v) is 13.8. The van der Waals surface area contributed by atoms with Crippen LogP contribution in [0.25, 0.3) is 11.1 Å². The van der Waals surface area contributed by atoms with Crippen LogP contribution in [0.15, 0.2) is 54.9 Å². The van der Waals surface area contributed by atoms with E-state index in [4.69, 9.17) is 0 Å². The number of alkyl halides is 3. The molecule has 11 nitrogen and oxygen atoms in total. The summed E-state index contributed by atoms with van der Waals surface area (Å²) in [7, 11) is 3.23. The van der Waals surface area contributed by atoms with E-state index in [1.54, 1.807) is 26.4 Å². The van der Waals surface area contributed by atoms with Gasteiger partial charge in [-0.15, -0.1) is 0 Å². The summed E-state index contributed by atoms with van der Waals surface area (Å²) >= 11 is 0. The molecular formula is C30H28F4N6O5. The number of nitrogens with zero attached hydrogens (tertiary/aromatic N) is 5. The molecule has 0 radical (unpaired) electrons. The van der Waals surface area contributed by atoms with E-state index in [0.717, 1.165) is 19.1 Å². The minimum absolute atomic E-state index is 0.00184. The fraction of sp³-hybridized carbons (Fsp3) is 0.333. The number of benzene rings is 2. The number of carbonyl (C=O) groups excluding carboxylic acids is 5. The lowest BCUT2D eigenvalue weighted by atomic mass is 9.90. The molecule has 45 heavy (non-hydrogen) atoms. The van der Waals surface area contributed by atoms with Crippen molar-refractivity contribution in [2.45, 2.75) is 44.2 Å². The summed E-state index contributed by atoms with van der Waals surface area (Å²) in [5.74, 6) is -3.38.